The van der Waals surface area contributed by atoms with Crippen LogP contribution in [-0.4, -0.2) is 31.1 Å². The number of ether oxygens (including phenoxy) is 2. The minimum atomic E-state index is -0.460. The predicted octanol–water partition coefficient (Wildman–Crippen LogP) is 3.01. The Bertz CT molecular complexity index is 1040. The molecule has 0 fully saturated rings. The molecule has 7 heteroatoms. The normalized spacial score (nSPS) is 15.3. The number of rotatable bonds is 6. The third-order valence-corrected chi connectivity index (χ3v) is 4.42. The van der Waals surface area contributed by atoms with Crippen molar-refractivity contribution in [3.8, 4) is 11.5 Å². The Kier molecular flexibility index (Phi) is 5.80. The maximum absolute atomic E-state index is 12.8. The second-order valence-electron chi connectivity index (χ2n) is 6.60. The van der Waals surface area contributed by atoms with E-state index in [4.69, 9.17) is 13.9 Å². The molecule has 0 bridgehead atoms. The number of nitrogens with one attached hydrogen (secondary N) is 2. The van der Waals surface area contributed by atoms with Crippen molar-refractivity contribution in [3.63, 3.8) is 0 Å². The van der Waals surface area contributed by atoms with E-state index in [0.717, 1.165) is 0 Å². The van der Waals surface area contributed by atoms with Gasteiger partial charge in [-0.2, -0.15) is 0 Å². The van der Waals surface area contributed by atoms with Crippen molar-refractivity contribution in [3.05, 3.63) is 90.0 Å². The molecule has 0 spiro atoms. The van der Waals surface area contributed by atoms with E-state index in [9.17, 15) is 9.59 Å². The van der Waals surface area contributed by atoms with Gasteiger partial charge < -0.3 is 24.5 Å². The average Bonchev–Trinajstić information content (AvgIpc) is 3.30. The molecular formula is C23H20N2O5. The summed E-state index contributed by atoms with van der Waals surface area (Å²) < 4.78 is 16.8. The molecular weight excluding hydrogens is 384 g/mol. The number of furan rings is 1. The first-order valence-corrected chi connectivity index (χ1v) is 9.47. The third-order valence-electron chi connectivity index (χ3n) is 4.42. The van der Waals surface area contributed by atoms with Gasteiger partial charge in [-0.25, -0.2) is 0 Å². The molecule has 3 aromatic rings. The molecule has 1 aliphatic rings. The van der Waals surface area contributed by atoms with Crippen LogP contribution in [0.25, 0.3) is 6.08 Å². The lowest BCUT2D eigenvalue weighted by Crippen LogP contribution is -2.43. The Morgan fingerprint density at radius 2 is 1.73 bits per heavy atom. The molecule has 0 saturated heterocycles. The maximum Gasteiger partial charge on any atom is 0.268 e. The van der Waals surface area contributed by atoms with Crippen LogP contribution in [0.15, 0.2) is 83.1 Å². The summed E-state index contributed by atoms with van der Waals surface area (Å²) in [5.41, 5.74) is 0.507. The summed E-state index contributed by atoms with van der Waals surface area (Å²) >= 11 is 0. The molecule has 152 valence electrons. The van der Waals surface area contributed by atoms with Crippen LogP contribution in [0.4, 0.5) is 0 Å². The van der Waals surface area contributed by atoms with E-state index in [1.54, 1.807) is 36.4 Å². The topological polar surface area (TPSA) is 89.8 Å². The molecule has 1 unspecified atom stereocenters. The Labute approximate surface area is 173 Å². The van der Waals surface area contributed by atoms with Gasteiger partial charge in [0.2, 0.25) is 0 Å². The number of fused-ring (bicyclic) bond motifs is 1. The van der Waals surface area contributed by atoms with E-state index < -0.39 is 11.8 Å². The fourth-order valence-electron chi connectivity index (χ4n) is 2.92. The highest BCUT2D eigenvalue weighted by Gasteiger charge is 2.22. The first-order valence-electron chi connectivity index (χ1n) is 9.47. The van der Waals surface area contributed by atoms with Crippen molar-refractivity contribution in [1.29, 1.82) is 0 Å². The molecule has 7 nitrogen and oxygen atoms in total. The molecule has 4 rings (SSSR count). The molecule has 2 amide bonds. The van der Waals surface area contributed by atoms with Gasteiger partial charge in [-0.05, 0) is 36.4 Å². The van der Waals surface area contributed by atoms with Gasteiger partial charge in [0.1, 0.15) is 24.2 Å². The van der Waals surface area contributed by atoms with Crippen LogP contribution < -0.4 is 20.1 Å². The zero-order valence-corrected chi connectivity index (χ0v) is 16.0. The third kappa shape index (κ3) is 4.70. The number of carbonyl (C=O) groups is 2. The van der Waals surface area contributed by atoms with Gasteiger partial charge in [-0.15, -0.1) is 0 Å². The molecule has 2 N–H and O–H groups in total. The zero-order valence-electron chi connectivity index (χ0n) is 16.0. The SMILES string of the molecule is O=C(NCC1COc2ccccc2O1)C(=Cc1ccco1)NC(=O)c1ccccc1. The highest BCUT2D eigenvalue weighted by molar-refractivity contribution is 6.05. The summed E-state index contributed by atoms with van der Waals surface area (Å²) in [5.74, 6) is 0.896. The van der Waals surface area contributed by atoms with E-state index in [1.807, 2.05) is 30.3 Å². The first-order chi connectivity index (χ1) is 14.7. The molecule has 2 aromatic carbocycles. The first kappa shape index (κ1) is 19.3. The molecule has 0 radical (unpaired) electrons. The number of hydrogen-bond acceptors (Lipinski definition) is 5. The van der Waals surface area contributed by atoms with Crippen LogP contribution in [-0.2, 0) is 4.79 Å². The van der Waals surface area contributed by atoms with Crippen molar-refractivity contribution < 1.29 is 23.5 Å². The van der Waals surface area contributed by atoms with Crippen molar-refractivity contribution in [1.82, 2.24) is 10.6 Å². The van der Waals surface area contributed by atoms with Crippen LogP contribution in [0.5, 0.6) is 11.5 Å². The van der Waals surface area contributed by atoms with Crippen LogP contribution in [0.1, 0.15) is 16.1 Å². The van der Waals surface area contributed by atoms with Crippen LogP contribution in [0, 0.1) is 0 Å². The highest BCUT2D eigenvalue weighted by Crippen LogP contribution is 2.30. The molecule has 0 saturated carbocycles. The minimum absolute atomic E-state index is 0.0657. The average molecular weight is 404 g/mol. The van der Waals surface area contributed by atoms with Crippen molar-refractivity contribution >= 4 is 17.9 Å². The lowest BCUT2D eigenvalue weighted by molar-refractivity contribution is -0.118. The zero-order chi connectivity index (χ0) is 20.8. The largest absolute Gasteiger partial charge is 0.486 e. The Balaban J connectivity index is 1.43. The van der Waals surface area contributed by atoms with Crippen LogP contribution >= 0.6 is 0 Å². The van der Waals surface area contributed by atoms with E-state index in [2.05, 4.69) is 10.6 Å². The summed E-state index contributed by atoms with van der Waals surface area (Å²) in [6.07, 6.45) is 2.62. The number of amides is 2. The van der Waals surface area contributed by atoms with Gasteiger partial charge >= 0.3 is 0 Å². The second kappa shape index (κ2) is 9.00. The molecule has 2 heterocycles. The summed E-state index contributed by atoms with van der Waals surface area (Å²) in [7, 11) is 0. The van der Waals surface area contributed by atoms with E-state index in [0.29, 0.717) is 29.4 Å². The Hall–Kier alpha value is -4.00. The minimum Gasteiger partial charge on any atom is -0.486 e. The Morgan fingerprint density at radius 3 is 2.50 bits per heavy atom. The second-order valence-corrected chi connectivity index (χ2v) is 6.60. The quantitative estimate of drug-likeness (QED) is 0.617. The summed E-state index contributed by atoms with van der Waals surface area (Å²) in [5, 5.41) is 5.44. The fourth-order valence-corrected chi connectivity index (χ4v) is 2.92. The van der Waals surface area contributed by atoms with Crippen LogP contribution in [0.2, 0.25) is 0 Å². The van der Waals surface area contributed by atoms with Crippen molar-refractivity contribution in [2.45, 2.75) is 6.10 Å². The molecule has 1 aliphatic heterocycles. The summed E-state index contributed by atoms with van der Waals surface area (Å²) in [6.45, 7) is 0.523. The molecule has 1 aromatic heterocycles. The number of para-hydroxylation sites is 2. The molecule has 1 atom stereocenters. The lowest BCUT2D eigenvalue weighted by Gasteiger charge is -2.26. The van der Waals surface area contributed by atoms with Crippen molar-refractivity contribution in [2.75, 3.05) is 13.2 Å². The van der Waals surface area contributed by atoms with E-state index in [-0.39, 0.29) is 18.3 Å². The monoisotopic (exact) mass is 404 g/mol. The predicted molar refractivity (Wildman–Crippen MR) is 110 cm³/mol. The van der Waals surface area contributed by atoms with Crippen molar-refractivity contribution in [2.24, 2.45) is 0 Å². The van der Waals surface area contributed by atoms with Gasteiger partial charge in [0, 0.05) is 11.6 Å². The smallest absolute Gasteiger partial charge is 0.268 e. The summed E-state index contributed by atoms with van der Waals surface area (Å²) in [4.78, 5) is 25.3. The summed E-state index contributed by atoms with van der Waals surface area (Å²) in [6, 6.07) is 19.4. The Morgan fingerprint density at radius 1 is 0.967 bits per heavy atom. The van der Waals surface area contributed by atoms with Gasteiger partial charge in [0.25, 0.3) is 11.8 Å². The lowest BCUT2D eigenvalue weighted by atomic mass is 10.2. The number of carbonyl (C=O) groups excluding carboxylic acids is 2. The highest BCUT2D eigenvalue weighted by atomic mass is 16.6. The van der Waals surface area contributed by atoms with Gasteiger partial charge in [0.15, 0.2) is 11.5 Å². The van der Waals surface area contributed by atoms with Crippen LogP contribution in [0.3, 0.4) is 0 Å². The fraction of sp³-hybridized carbons (Fsp3) is 0.130. The molecule has 0 aliphatic carbocycles. The van der Waals surface area contributed by atoms with Gasteiger partial charge in [-0.1, -0.05) is 30.3 Å². The van der Waals surface area contributed by atoms with Gasteiger partial charge in [0.05, 0.1) is 12.8 Å². The number of hydrogen-bond donors (Lipinski definition) is 2. The standard InChI is InChI=1S/C23H20N2O5/c26-22(16-7-2-1-3-8-16)25-19(13-17-9-6-12-28-17)23(27)24-14-18-15-29-20-10-4-5-11-21(20)30-18/h1-13,18H,14-15H2,(H,24,27)(H,25,26). The van der Waals surface area contributed by atoms with E-state index in [1.165, 1.54) is 12.3 Å². The van der Waals surface area contributed by atoms with Gasteiger partial charge in [-0.3, -0.25) is 9.59 Å². The van der Waals surface area contributed by atoms with E-state index >= 15 is 0 Å². The number of benzene rings is 2. The maximum atomic E-state index is 12.8. The molecule has 30 heavy (non-hydrogen) atoms.